The van der Waals surface area contributed by atoms with E-state index in [9.17, 15) is 9.90 Å². The minimum atomic E-state index is -0.799. The molecular formula is C8H16N2O3. The summed E-state index contributed by atoms with van der Waals surface area (Å²) in [6, 6.07) is 0. The Bertz CT molecular complexity index is 178. The first-order valence-electron chi connectivity index (χ1n) is 4.50. The fraction of sp³-hybridized carbons (Fsp3) is 0.875. The predicted molar refractivity (Wildman–Crippen MR) is 47.5 cm³/mol. The molecular weight excluding hydrogens is 172 g/mol. The van der Waals surface area contributed by atoms with Crippen LogP contribution in [0.15, 0.2) is 0 Å². The number of aliphatic hydroxyl groups is 1. The highest BCUT2D eigenvalue weighted by Crippen LogP contribution is 2.12. The van der Waals surface area contributed by atoms with Crippen LogP contribution in [-0.2, 0) is 4.74 Å². The van der Waals surface area contributed by atoms with Gasteiger partial charge in [0.15, 0.2) is 0 Å². The van der Waals surface area contributed by atoms with Gasteiger partial charge in [-0.3, -0.25) is 0 Å². The van der Waals surface area contributed by atoms with Gasteiger partial charge in [0.2, 0.25) is 0 Å². The van der Waals surface area contributed by atoms with E-state index < -0.39 is 11.7 Å². The van der Waals surface area contributed by atoms with Gasteiger partial charge >= 0.3 is 6.09 Å². The lowest BCUT2D eigenvalue weighted by Crippen LogP contribution is -2.44. The van der Waals surface area contributed by atoms with Gasteiger partial charge in [-0.25, -0.2) is 4.79 Å². The number of hydrogen-bond acceptors (Lipinski definition) is 4. The molecule has 0 aliphatic carbocycles. The third kappa shape index (κ3) is 3.20. The summed E-state index contributed by atoms with van der Waals surface area (Å²) in [5.41, 5.74) is -0.799. The lowest BCUT2D eigenvalue weighted by molar-refractivity contribution is 0.0580. The van der Waals surface area contributed by atoms with Gasteiger partial charge in [-0.15, -0.1) is 0 Å². The van der Waals surface area contributed by atoms with Crippen molar-refractivity contribution in [1.82, 2.24) is 10.6 Å². The van der Waals surface area contributed by atoms with Crippen LogP contribution in [0, 0.1) is 0 Å². The highest BCUT2D eigenvalue weighted by molar-refractivity contribution is 5.67. The van der Waals surface area contributed by atoms with Gasteiger partial charge < -0.3 is 20.5 Å². The van der Waals surface area contributed by atoms with Crippen molar-refractivity contribution in [1.29, 1.82) is 0 Å². The minimum Gasteiger partial charge on any atom is -0.450 e. The van der Waals surface area contributed by atoms with Crippen molar-refractivity contribution in [2.45, 2.75) is 18.9 Å². The second-order valence-electron chi connectivity index (χ2n) is 3.23. The largest absolute Gasteiger partial charge is 0.450 e. The Hall–Kier alpha value is -0.810. The Morgan fingerprint density at radius 1 is 1.77 bits per heavy atom. The van der Waals surface area contributed by atoms with E-state index in [1.807, 2.05) is 0 Å². The quantitative estimate of drug-likeness (QED) is 0.556. The normalized spacial score (nSPS) is 27.2. The van der Waals surface area contributed by atoms with Crippen LogP contribution in [0.3, 0.4) is 0 Å². The molecule has 3 N–H and O–H groups in total. The Balaban J connectivity index is 2.21. The fourth-order valence-corrected chi connectivity index (χ4v) is 1.30. The lowest BCUT2D eigenvalue weighted by atomic mass is 10.0. The molecule has 0 aromatic rings. The summed E-state index contributed by atoms with van der Waals surface area (Å²) < 4.78 is 4.67. The predicted octanol–water partition coefficient (Wildman–Crippen LogP) is -0.543. The molecule has 76 valence electrons. The summed E-state index contributed by atoms with van der Waals surface area (Å²) in [7, 11) is 0. The molecule has 1 aliphatic heterocycles. The summed E-state index contributed by atoms with van der Waals surface area (Å²) in [6.45, 7) is 3.66. The van der Waals surface area contributed by atoms with Crippen molar-refractivity contribution >= 4 is 6.09 Å². The van der Waals surface area contributed by atoms with E-state index in [-0.39, 0.29) is 6.54 Å². The van der Waals surface area contributed by atoms with Gasteiger partial charge in [0.1, 0.15) is 0 Å². The molecule has 1 amide bonds. The molecule has 5 nitrogen and oxygen atoms in total. The third-order valence-electron chi connectivity index (χ3n) is 2.06. The van der Waals surface area contributed by atoms with E-state index in [0.29, 0.717) is 19.6 Å². The zero-order chi connectivity index (χ0) is 9.73. The van der Waals surface area contributed by atoms with E-state index in [1.165, 1.54) is 0 Å². The van der Waals surface area contributed by atoms with Gasteiger partial charge in [0, 0.05) is 6.54 Å². The lowest BCUT2D eigenvalue weighted by Gasteiger charge is -2.20. The standard InChI is InChI=1S/C8H16N2O3/c1-2-13-7(11)10-6-8(12)3-4-9-5-8/h9,12H,2-6H2,1H3,(H,10,11). The zero-order valence-corrected chi connectivity index (χ0v) is 7.80. The number of alkyl carbamates (subject to hydrolysis) is 1. The van der Waals surface area contributed by atoms with Crippen molar-refractivity contribution in [3.05, 3.63) is 0 Å². The van der Waals surface area contributed by atoms with Crippen LogP contribution in [0.5, 0.6) is 0 Å². The molecule has 0 aromatic carbocycles. The van der Waals surface area contributed by atoms with Crippen molar-refractivity contribution in [3.63, 3.8) is 0 Å². The maximum atomic E-state index is 10.9. The van der Waals surface area contributed by atoms with Crippen LogP contribution in [0.25, 0.3) is 0 Å². The second kappa shape index (κ2) is 4.43. The molecule has 0 spiro atoms. The second-order valence-corrected chi connectivity index (χ2v) is 3.23. The minimum absolute atomic E-state index is 0.249. The van der Waals surface area contributed by atoms with Crippen LogP contribution in [0.1, 0.15) is 13.3 Å². The number of carbonyl (C=O) groups is 1. The van der Waals surface area contributed by atoms with Gasteiger partial charge in [-0.1, -0.05) is 0 Å². The van der Waals surface area contributed by atoms with Gasteiger partial charge in [0.05, 0.1) is 18.8 Å². The van der Waals surface area contributed by atoms with Gasteiger partial charge in [-0.2, -0.15) is 0 Å². The van der Waals surface area contributed by atoms with Crippen molar-refractivity contribution in [2.75, 3.05) is 26.2 Å². The highest BCUT2D eigenvalue weighted by Gasteiger charge is 2.31. The number of hydrogen-bond donors (Lipinski definition) is 3. The topological polar surface area (TPSA) is 70.6 Å². The fourth-order valence-electron chi connectivity index (χ4n) is 1.30. The van der Waals surface area contributed by atoms with Crippen molar-refractivity contribution in [2.24, 2.45) is 0 Å². The van der Waals surface area contributed by atoms with Crippen molar-refractivity contribution in [3.8, 4) is 0 Å². The highest BCUT2D eigenvalue weighted by atomic mass is 16.5. The zero-order valence-electron chi connectivity index (χ0n) is 7.80. The molecule has 1 rings (SSSR count). The molecule has 0 bridgehead atoms. The molecule has 5 heteroatoms. The van der Waals surface area contributed by atoms with Gasteiger partial charge in [0.25, 0.3) is 0 Å². The molecule has 13 heavy (non-hydrogen) atoms. The molecule has 1 atom stereocenters. The van der Waals surface area contributed by atoms with Crippen LogP contribution < -0.4 is 10.6 Å². The molecule has 0 aromatic heterocycles. The van der Waals surface area contributed by atoms with Crippen LogP contribution in [0.4, 0.5) is 4.79 Å². The van der Waals surface area contributed by atoms with E-state index in [4.69, 9.17) is 0 Å². The van der Waals surface area contributed by atoms with Crippen LogP contribution in [0.2, 0.25) is 0 Å². The molecule has 0 radical (unpaired) electrons. The number of β-amino-alcohol motifs (C(OH)–C–C–N with tert-alkyl or cyclic N) is 1. The molecule has 0 saturated carbocycles. The Labute approximate surface area is 77.5 Å². The molecule has 1 unspecified atom stereocenters. The number of amides is 1. The molecule has 1 aliphatic rings. The average molecular weight is 188 g/mol. The number of rotatable bonds is 3. The van der Waals surface area contributed by atoms with Crippen LogP contribution >= 0.6 is 0 Å². The SMILES string of the molecule is CCOC(=O)NCC1(O)CCNC1. The smallest absolute Gasteiger partial charge is 0.407 e. The molecule has 1 saturated heterocycles. The average Bonchev–Trinajstić information content (AvgIpc) is 2.51. The van der Waals surface area contributed by atoms with Gasteiger partial charge in [-0.05, 0) is 19.9 Å². The maximum Gasteiger partial charge on any atom is 0.407 e. The summed E-state index contributed by atoms with van der Waals surface area (Å²) >= 11 is 0. The van der Waals surface area contributed by atoms with E-state index in [2.05, 4.69) is 15.4 Å². The van der Waals surface area contributed by atoms with Crippen molar-refractivity contribution < 1.29 is 14.6 Å². The number of nitrogens with one attached hydrogen (secondary N) is 2. The summed E-state index contributed by atoms with van der Waals surface area (Å²) in [6.07, 6.45) is 0.196. The number of carbonyl (C=O) groups excluding carboxylic acids is 1. The van der Waals surface area contributed by atoms with E-state index in [0.717, 1.165) is 6.54 Å². The first-order valence-corrected chi connectivity index (χ1v) is 4.50. The summed E-state index contributed by atoms with van der Waals surface area (Å²) in [5.74, 6) is 0. The van der Waals surface area contributed by atoms with Crippen LogP contribution in [-0.4, -0.2) is 43.0 Å². The Morgan fingerprint density at radius 3 is 3.08 bits per heavy atom. The number of ether oxygens (including phenoxy) is 1. The first-order chi connectivity index (χ1) is 6.16. The third-order valence-corrected chi connectivity index (χ3v) is 2.06. The first kappa shape index (κ1) is 10.3. The maximum absolute atomic E-state index is 10.9. The van der Waals surface area contributed by atoms with E-state index >= 15 is 0 Å². The van der Waals surface area contributed by atoms with E-state index in [1.54, 1.807) is 6.92 Å². The molecule has 1 fully saturated rings. The summed E-state index contributed by atoms with van der Waals surface area (Å²) in [4.78, 5) is 10.9. The Morgan fingerprint density at radius 2 is 2.54 bits per heavy atom. The molecule has 1 heterocycles. The Kier molecular flexibility index (Phi) is 3.50. The summed E-state index contributed by atoms with van der Waals surface area (Å²) in [5, 5.41) is 15.3. The monoisotopic (exact) mass is 188 g/mol.